The molecule has 7 nitrogen and oxygen atoms in total. The largest absolute Gasteiger partial charge is 0.465 e. The number of para-hydroxylation sites is 1. The van der Waals surface area contributed by atoms with E-state index in [0.717, 1.165) is 31.7 Å². The fourth-order valence-electron chi connectivity index (χ4n) is 2.78. The molecule has 0 fully saturated rings. The molecule has 0 saturated carbocycles. The fraction of sp³-hybridized carbons (Fsp3) is 0.400. The first kappa shape index (κ1) is 20.4. The number of nitrogens with zero attached hydrogens (tertiary/aromatic N) is 3. The van der Waals surface area contributed by atoms with Crippen LogP contribution in [0, 0.1) is 6.92 Å². The molecule has 27 heavy (non-hydrogen) atoms. The summed E-state index contributed by atoms with van der Waals surface area (Å²) in [5, 5.41) is 2.75. The Labute approximate surface area is 159 Å². The van der Waals surface area contributed by atoms with Gasteiger partial charge in [0.15, 0.2) is 0 Å². The Hall–Kier alpha value is -2.96. The predicted octanol–water partition coefficient (Wildman–Crippen LogP) is 3.45. The number of carbonyl (C=O) groups is 2. The number of amides is 1. The lowest BCUT2D eigenvalue weighted by molar-refractivity contribution is 0.0602. The SMILES string of the molecule is CCCN(CCC)c1cc(C(=O)Nc2ccccc2C(=O)OC)nc(C)n1. The molecule has 1 heterocycles. The Kier molecular flexibility index (Phi) is 7.28. The van der Waals surface area contributed by atoms with Gasteiger partial charge in [-0.2, -0.15) is 0 Å². The highest BCUT2D eigenvalue weighted by Gasteiger charge is 2.17. The first-order valence-electron chi connectivity index (χ1n) is 9.09. The Balaban J connectivity index is 2.31. The van der Waals surface area contributed by atoms with Gasteiger partial charge in [0.1, 0.15) is 17.3 Å². The number of hydrogen-bond donors (Lipinski definition) is 1. The first-order chi connectivity index (χ1) is 13.0. The van der Waals surface area contributed by atoms with Crippen molar-refractivity contribution in [1.82, 2.24) is 9.97 Å². The van der Waals surface area contributed by atoms with Crippen LogP contribution in [0.15, 0.2) is 30.3 Å². The quantitative estimate of drug-likeness (QED) is 0.717. The lowest BCUT2D eigenvalue weighted by atomic mass is 10.1. The maximum Gasteiger partial charge on any atom is 0.339 e. The van der Waals surface area contributed by atoms with Gasteiger partial charge in [-0.05, 0) is 31.9 Å². The van der Waals surface area contributed by atoms with Gasteiger partial charge >= 0.3 is 5.97 Å². The number of aromatic nitrogens is 2. The van der Waals surface area contributed by atoms with E-state index in [2.05, 4.69) is 34.0 Å². The number of nitrogens with one attached hydrogen (secondary N) is 1. The zero-order valence-electron chi connectivity index (χ0n) is 16.3. The summed E-state index contributed by atoms with van der Waals surface area (Å²) in [7, 11) is 1.30. The van der Waals surface area contributed by atoms with E-state index in [1.807, 2.05) is 0 Å². The molecule has 0 unspecified atom stereocenters. The van der Waals surface area contributed by atoms with E-state index < -0.39 is 11.9 Å². The van der Waals surface area contributed by atoms with Crippen LogP contribution in [0.25, 0.3) is 0 Å². The number of carbonyl (C=O) groups excluding carboxylic acids is 2. The number of aryl methyl sites for hydroxylation is 1. The second-order valence-corrected chi connectivity index (χ2v) is 6.14. The average Bonchev–Trinajstić information content (AvgIpc) is 2.67. The fourth-order valence-corrected chi connectivity index (χ4v) is 2.78. The zero-order valence-corrected chi connectivity index (χ0v) is 16.3. The Morgan fingerprint density at radius 2 is 1.78 bits per heavy atom. The van der Waals surface area contributed by atoms with Crippen LogP contribution in [0.1, 0.15) is 53.4 Å². The third-order valence-electron chi connectivity index (χ3n) is 3.95. The summed E-state index contributed by atoms with van der Waals surface area (Å²) in [5.41, 5.74) is 0.929. The van der Waals surface area contributed by atoms with Crippen molar-refractivity contribution in [2.45, 2.75) is 33.6 Å². The zero-order chi connectivity index (χ0) is 19.8. The van der Waals surface area contributed by atoms with E-state index >= 15 is 0 Å². The molecule has 1 N–H and O–H groups in total. The summed E-state index contributed by atoms with van der Waals surface area (Å²) in [6.07, 6.45) is 1.97. The third kappa shape index (κ3) is 5.26. The maximum absolute atomic E-state index is 12.7. The summed E-state index contributed by atoms with van der Waals surface area (Å²) in [5.74, 6) is 0.349. The van der Waals surface area contributed by atoms with Crippen LogP contribution in [0.4, 0.5) is 11.5 Å². The summed E-state index contributed by atoms with van der Waals surface area (Å²) < 4.78 is 4.77. The van der Waals surface area contributed by atoms with E-state index in [9.17, 15) is 9.59 Å². The van der Waals surface area contributed by atoms with E-state index in [0.29, 0.717) is 11.5 Å². The smallest absolute Gasteiger partial charge is 0.339 e. The summed E-state index contributed by atoms with van der Waals surface area (Å²) in [6, 6.07) is 8.39. The molecular weight excluding hydrogens is 344 g/mol. The predicted molar refractivity (Wildman–Crippen MR) is 105 cm³/mol. The Morgan fingerprint density at radius 3 is 2.41 bits per heavy atom. The standard InChI is InChI=1S/C20H26N4O3/c1-5-11-24(12-6-2)18-13-17(21-14(3)22-18)19(25)23-16-10-8-7-9-15(16)20(26)27-4/h7-10,13H,5-6,11-12H2,1-4H3,(H,23,25). The van der Waals surface area contributed by atoms with Crippen LogP contribution in [-0.4, -0.2) is 42.0 Å². The number of rotatable bonds is 8. The second-order valence-electron chi connectivity index (χ2n) is 6.14. The van der Waals surface area contributed by atoms with Crippen molar-refractivity contribution >= 4 is 23.4 Å². The molecule has 0 bridgehead atoms. The van der Waals surface area contributed by atoms with Crippen molar-refractivity contribution in [3.8, 4) is 0 Å². The van der Waals surface area contributed by atoms with Gasteiger partial charge in [0, 0.05) is 19.2 Å². The van der Waals surface area contributed by atoms with Crippen LogP contribution in [0.2, 0.25) is 0 Å². The number of methoxy groups -OCH3 is 1. The van der Waals surface area contributed by atoms with Crippen molar-refractivity contribution in [3.05, 3.63) is 47.4 Å². The molecule has 0 aliphatic heterocycles. The van der Waals surface area contributed by atoms with Gasteiger partial charge in [0.2, 0.25) is 0 Å². The van der Waals surface area contributed by atoms with Crippen molar-refractivity contribution in [2.24, 2.45) is 0 Å². The van der Waals surface area contributed by atoms with Crippen molar-refractivity contribution < 1.29 is 14.3 Å². The minimum Gasteiger partial charge on any atom is -0.465 e. The molecule has 0 spiro atoms. The highest BCUT2D eigenvalue weighted by atomic mass is 16.5. The Morgan fingerprint density at radius 1 is 1.11 bits per heavy atom. The van der Waals surface area contributed by atoms with Crippen LogP contribution < -0.4 is 10.2 Å². The van der Waals surface area contributed by atoms with Gasteiger partial charge in [-0.1, -0.05) is 26.0 Å². The van der Waals surface area contributed by atoms with Gasteiger partial charge in [-0.15, -0.1) is 0 Å². The molecule has 1 aromatic heterocycles. The minimum absolute atomic E-state index is 0.259. The van der Waals surface area contributed by atoms with Crippen LogP contribution >= 0.6 is 0 Å². The molecule has 1 amide bonds. The van der Waals surface area contributed by atoms with E-state index in [4.69, 9.17) is 4.74 Å². The molecule has 0 aliphatic rings. The number of anilines is 2. The summed E-state index contributed by atoms with van der Waals surface area (Å²) in [4.78, 5) is 35.5. The maximum atomic E-state index is 12.7. The number of hydrogen-bond acceptors (Lipinski definition) is 6. The number of esters is 1. The first-order valence-corrected chi connectivity index (χ1v) is 9.09. The van der Waals surface area contributed by atoms with Gasteiger partial charge < -0.3 is 15.0 Å². The van der Waals surface area contributed by atoms with Crippen molar-refractivity contribution in [2.75, 3.05) is 30.4 Å². The summed E-state index contributed by atoms with van der Waals surface area (Å²) in [6.45, 7) is 7.69. The minimum atomic E-state index is -0.512. The van der Waals surface area contributed by atoms with E-state index in [-0.39, 0.29) is 11.3 Å². The molecule has 2 aromatic rings. The molecule has 1 aromatic carbocycles. The number of benzene rings is 1. The molecular formula is C20H26N4O3. The Bertz CT molecular complexity index is 802. The average molecular weight is 370 g/mol. The normalized spacial score (nSPS) is 10.4. The van der Waals surface area contributed by atoms with Crippen LogP contribution in [0.5, 0.6) is 0 Å². The van der Waals surface area contributed by atoms with Crippen molar-refractivity contribution in [1.29, 1.82) is 0 Å². The molecule has 0 atom stereocenters. The molecule has 2 rings (SSSR count). The van der Waals surface area contributed by atoms with Gasteiger partial charge in [-0.3, -0.25) is 4.79 Å². The van der Waals surface area contributed by atoms with E-state index in [1.54, 1.807) is 37.3 Å². The highest BCUT2D eigenvalue weighted by molar-refractivity contribution is 6.07. The molecule has 0 aliphatic carbocycles. The van der Waals surface area contributed by atoms with Gasteiger partial charge in [-0.25, -0.2) is 14.8 Å². The lowest BCUT2D eigenvalue weighted by Gasteiger charge is -2.23. The highest BCUT2D eigenvalue weighted by Crippen LogP contribution is 2.19. The second kappa shape index (κ2) is 9.66. The molecule has 0 radical (unpaired) electrons. The van der Waals surface area contributed by atoms with E-state index in [1.165, 1.54) is 7.11 Å². The van der Waals surface area contributed by atoms with Crippen molar-refractivity contribution in [3.63, 3.8) is 0 Å². The molecule has 0 saturated heterocycles. The molecule has 144 valence electrons. The summed E-state index contributed by atoms with van der Waals surface area (Å²) >= 11 is 0. The topological polar surface area (TPSA) is 84.4 Å². The van der Waals surface area contributed by atoms with Crippen LogP contribution in [0.3, 0.4) is 0 Å². The monoisotopic (exact) mass is 370 g/mol. The van der Waals surface area contributed by atoms with Gasteiger partial charge in [0.25, 0.3) is 5.91 Å². The van der Waals surface area contributed by atoms with Gasteiger partial charge in [0.05, 0.1) is 18.4 Å². The number of ether oxygens (including phenoxy) is 1. The lowest BCUT2D eigenvalue weighted by Crippen LogP contribution is -2.27. The van der Waals surface area contributed by atoms with Crippen LogP contribution in [-0.2, 0) is 4.74 Å². The molecule has 7 heteroatoms. The third-order valence-corrected chi connectivity index (χ3v) is 3.95.